The summed E-state index contributed by atoms with van der Waals surface area (Å²) in [5.74, 6) is 1.55. The van der Waals surface area contributed by atoms with E-state index in [2.05, 4.69) is 27.3 Å². The van der Waals surface area contributed by atoms with Crippen LogP contribution in [0.1, 0.15) is 31.8 Å². The van der Waals surface area contributed by atoms with Gasteiger partial charge in [0.25, 0.3) is 5.56 Å². The number of ether oxygens (including phenoxy) is 1. The number of rotatable bonds is 10. The van der Waals surface area contributed by atoms with Gasteiger partial charge in [0, 0.05) is 25.4 Å². The molecule has 0 aliphatic rings. The Labute approximate surface area is 190 Å². The first kappa shape index (κ1) is 23.8. The maximum Gasteiger partial charge on any atom is 0.277 e. The molecule has 1 aromatic carbocycles. The van der Waals surface area contributed by atoms with Gasteiger partial charge in [-0.2, -0.15) is 5.06 Å². The molecule has 0 fully saturated rings. The summed E-state index contributed by atoms with van der Waals surface area (Å²) in [6, 6.07) is 5.48. The number of imidazole rings is 1. The summed E-state index contributed by atoms with van der Waals surface area (Å²) in [7, 11) is 3.24. The molecule has 3 rings (SSSR count). The van der Waals surface area contributed by atoms with Crippen LogP contribution >= 0.6 is 12.0 Å². The Morgan fingerprint density at radius 2 is 2.12 bits per heavy atom. The van der Waals surface area contributed by atoms with Crippen molar-refractivity contribution in [2.45, 2.75) is 38.5 Å². The highest BCUT2D eigenvalue weighted by atomic mass is 32.2. The fourth-order valence-electron chi connectivity index (χ4n) is 3.18. The van der Waals surface area contributed by atoms with E-state index in [-0.39, 0.29) is 18.0 Å². The second kappa shape index (κ2) is 10.6. The van der Waals surface area contributed by atoms with Crippen LogP contribution in [0.25, 0.3) is 16.9 Å². The van der Waals surface area contributed by atoms with Crippen molar-refractivity contribution in [2.75, 3.05) is 27.2 Å². The van der Waals surface area contributed by atoms with Gasteiger partial charge in [0.05, 0.1) is 29.9 Å². The summed E-state index contributed by atoms with van der Waals surface area (Å²) >= 11 is 1.09. The van der Waals surface area contributed by atoms with Crippen molar-refractivity contribution in [2.24, 2.45) is 0 Å². The highest BCUT2D eigenvalue weighted by Crippen LogP contribution is 2.33. The molecule has 0 bridgehead atoms. The quantitative estimate of drug-likeness (QED) is 0.350. The number of nitrogens with one attached hydrogen (secondary N) is 2. The lowest BCUT2D eigenvalue weighted by molar-refractivity contribution is -0.127. The number of likely N-dealkylation sites (N-methyl/N-ethyl adjacent to an activating group) is 2. The fourth-order valence-corrected chi connectivity index (χ4v) is 3.74. The lowest BCUT2D eigenvalue weighted by Crippen LogP contribution is -2.31. The molecule has 0 aliphatic heterocycles. The number of carbonyl (C=O) groups is 1. The molecule has 0 saturated carbocycles. The molecule has 0 radical (unpaired) electrons. The minimum Gasteiger partial charge on any atom is -0.493 e. The zero-order valence-electron chi connectivity index (χ0n) is 18.9. The van der Waals surface area contributed by atoms with Gasteiger partial charge in [0.2, 0.25) is 5.91 Å². The summed E-state index contributed by atoms with van der Waals surface area (Å²) in [6.07, 6.45) is 1.60. The first-order valence-corrected chi connectivity index (χ1v) is 11.1. The lowest BCUT2D eigenvalue weighted by atomic mass is 10.2. The highest BCUT2D eigenvalue weighted by Gasteiger charge is 2.17. The Morgan fingerprint density at radius 3 is 2.81 bits per heavy atom. The molecular formula is C21H28N6O4S. The number of benzene rings is 1. The van der Waals surface area contributed by atoms with Crippen LogP contribution in [0.5, 0.6) is 5.75 Å². The second-order valence-electron chi connectivity index (χ2n) is 7.13. The summed E-state index contributed by atoms with van der Waals surface area (Å²) in [5.41, 5.74) is 1.46. The van der Waals surface area contributed by atoms with Crippen molar-refractivity contribution in [1.29, 1.82) is 0 Å². The number of nitrogens with zero attached hydrogens (tertiary/aromatic N) is 4. The first-order chi connectivity index (χ1) is 15.4. The van der Waals surface area contributed by atoms with Crippen molar-refractivity contribution < 1.29 is 13.8 Å². The molecule has 32 heavy (non-hydrogen) atoms. The standard InChI is InChI=1S/C21H28N6O4S/c1-6-8-17-23-13(3)19-21(29)24-20(25-27(17)19)15-11-14(9-10-16(15)30-7-2)32-31-26(5)12-18(28)22-4/h9-11H,6-8,12H2,1-5H3,(H,22,28)(H,24,25,29). The smallest absolute Gasteiger partial charge is 0.277 e. The van der Waals surface area contributed by atoms with Gasteiger partial charge in [-0.05, 0) is 38.5 Å². The number of amides is 1. The third kappa shape index (κ3) is 5.29. The zero-order chi connectivity index (χ0) is 23.3. The van der Waals surface area contributed by atoms with Crippen LogP contribution in [0.3, 0.4) is 0 Å². The Kier molecular flexibility index (Phi) is 7.89. The molecule has 2 heterocycles. The van der Waals surface area contributed by atoms with Gasteiger partial charge in [-0.15, -0.1) is 5.10 Å². The first-order valence-electron chi connectivity index (χ1n) is 10.4. The number of H-pyrrole nitrogens is 1. The molecule has 3 aromatic rings. The molecule has 0 unspecified atom stereocenters. The maximum atomic E-state index is 12.8. The third-order valence-electron chi connectivity index (χ3n) is 4.63. The summed E-state index contributed by atoms with van der Waals surface area (Å²) in [6.45, 7) is 6.31. The van der Waals surface area contributed by atoms with Crippen molar-refractivity contribution in [3.63, 3.8) is 0 Å². The van der Waals surface area contributed by atoms with Crippen molar-refractivity contribution in [3.05, 3.63) is 40.1 Å². The van der Waals surface area contributed by atoms with E-state index >= 15 is 0 Å². The van der Waals surface area contributed by atoms with E-state index in [0.29, 0.717) is 41.4 Å². The molecule has 0 saturated heterocycles. The Hall–Kier alpha value is -2.89. The number of hydroxylamine groups is 2. The summed E-state index contributed by atoms with van der Waals surface area (Å²) in [4.78, 5) is 32.5. The van der Waals surface area contributed by atoms with E-state index in [9.17, 15) is 9.59 Å². The predicted molar refractivity (Wildman–Crippen MR) is 123 cm³/mol. The van der Waals surface area contributed by atoms with Gasteiger partial charge in [0.1, 0.15) is 18.1 Å². The number of fused-ring (bicyclic) bond motifs is 1. The molecule has 172 valence electrons. The van der Waals surface area contributed by atoms with Crippen LogP contribution in [-0.4, -0.2) is 57.8 Å². The molecular weight excluding hydrogens is 432 g/mol. The van der Waals surface area contributed by atoms with E-state index in [4.69, 9.17) is 9.02 Å². The van der Waals surface area contributed by atoms with E-state index in [1.54, 1.807) is 31.6 Å². The van der Waals surface area contributed by atoms with E-state index in [1.165, 1.54) is 5.06 Å². The number of aromatic nitrogens is 4. The van der Waals surface area contributed by atoms with E-state index in [1.807, 2.05) is 19.1 Å². The van der Waals surface area contributed by atoms with Crippen LogP contribution in [0.2, 0.25) is 0 Å². The van der Waals surface area contributed by atoms with Gasteiger partial charge >= 0.3 is 0 Å². The molecule has 11 heteroatoms. The van der Waals surface area contributed by atoms with Gasteiger partial charge in [-0.3, -0.25) is 9.59 Å². The van der Waals surface area contributed by atoms with E-state index < -0.39 is 0 Å². The number of aromatic amines is 1. The largest absolute Gasteiger partial charge is 0.493 e. The third-order valence-corrected chi connectivity index (χ3v) is 5.40. The van der Waals surface area contributed by atoms with Crippen LogP contribution in [0.4, 0.5) is 0 Å². The zero-order valence-corrected chi connectivity index (χ0v) is 19.7. The van der Waals surface area contributed by atoms with Gasteiger partial charge in [0.15, 0.2) is 11.3 Å². The Bertz CT molecular complexity index is 1160. The summed E-state index contributed by atoms with van der Waals surface area (Å²) < 4.78 is 13.0. The minimum absolute atomic E-state index is 0.0963. The molecule has 0 spiro atoms. The monoisotopic (exact) mass is 460 g/mol. The molecule has 2 N–H and O–H groups in total. The van der Waals surface area contributed by atoms with Crippen molar-refractivity contribution >= 4 is 23.5 Å². The minimum atomic E-state index is -0.260. The van der Waals surface area contributed by atoms with Crippen LogP contribution in [0, 0.1) is 6.92 Å². The topological polar surface area (TPSA) is 114 Å². The molecule has 2 aromatic heterocycles. The molecule has 1 amide bonds. The van der Waals surface area contributed by atoms with Gasteiger partial charge in [-0.25, -0.2) is 13.8 Å². The van der Waals surface area contributed by atoms with Crippen LogP contribution < -0.4 is 15.6 Å². The molecule has 0 aliphatic carbocycles. The normalized spacial score (nSPS) is 11.3. The lowest BCUT2D eigenvalue weighted by Gasteiger charge is -2.15. The highest BCUT2D eigenvalue weighted by molar-refractivity contribution is 7.94. The van der Waals surface area contributed by atoms with Crippen LogP contribution in [-0.2, 0) is 15.5 Å². The maximum absolute atomic E-state index is 12.8. The number of hydrogen-bond acceptors (Lipinski definition) is 8. The van der Waals surface area contributed by atoms with Gasteiger partial charge < -0.3 is 15.0 Å². The second-order valence-corrected chi connectivity index (χ2v) is 7.92. The number of carbonyl (C=O) groups excluding carboxylic acids is 1. The predicted octanol–water partition coefficient (Wildman–Crippen LogP) is 2.36. The number of hydrogen-bond donors (Lipinski definition) is 2. The fraction of sp³-hybridized carbons (Fsp3) is 0.429. The summed E-state index contributed by atoms with van der Waals surface area (Å²) in [5, 5.41) is 8.65. The van der Waals surface area contributed by atoms with Crippen LogP contribution in [0.15, 0.2) is 27.9 Å². The van der Waals surface area contributed by atoms with Crippen molar-refractivity contribution in [3.8, 4) is 17.1 Å². The molecule has 10 nitrogen and oxygen atoms in total. The Balaban J connectivity index is 1.99. The SMILES string of the molecule is CCCc1nc(C)c2c(=O)[nH]c(-c3cc(SON(C)CC(=O)NC)ccc3OCC)nn12. The number of aryl methyl sites for hydroxylation is 2. The average Bonchev–Trinajstić information content (AvgIpc) is 3.09. The van der Waals surface area contributed by atoms with Crippen molar-refractivity contribution in [1.82, 2.24) is 30.0 Å². The Morgan fingerprint density at radius 1 is 1.34 bits per heavy atom. The van der Waals surface area contributed by atoms with E-state index in [0.717, 1.165) is 29.2 Å². The van der Waals surface area contributed by atoms with Gasteiger partial charge in [-0.1, -0.05) is 6.92 Å². The average molecular weight is 461 g/mol. The molecule has 0 atom stereocenters.